The first-order valence-electron chi connectivity index (χ1n) is 6.44. The zero-order valence-electron chi connectivity index (χ0n) is 10.8. The van der Waals surface area contributed by atoms with Gasteiger partial charge in [-0.2, -0.15) is 0 Å². The average molecular weight is 244 g/mol. The van der Waals surface area contributed by atoms with E-state index in [0.717, 1.165) is 26.1 Å². The van der Waals surface area contributed by atoms with E-state index in [4.69, 9.17) is 0 Å². The largest absolute Gasteiger partial charge is 0.389 e. The van der Waals surface area contributed by atoms with Crippen molar-refractivity contribution in [1.29, 1.82) is 0 Å². The van der Waals surface area contributed by atoms with E-state index in [1.54, 1.807) is 0 Å². The van der Waals surface area contributed by atoms with Gasteiger partial charge in [0.1, 0.15) is 0 Å². The smallest absolute Gasteiger partial charge is 0.222 e. The van der Waals surface area contributed by atoms with Crippen molar-refractivity contribution in [2.24, 2.45) is 0 Å². The minimum Gasteiger partial charge on any atom is -0.389 e. The van der Waals surface area contributed by atoms with Crippen LogP contribution in [0.1, 0.15) is 26.7 Å². The van der Waals surface area contributed by atoms with Crippen LogP contribution in [-0.4, -0.2) is 70.9 Å². The van der Waals surface area contributed by atoms with Crippen LogP contribution in [-0.2, 0) is 4.79 Å². The molecule has 0 aromatic carbocycles. The van der Waals surface area contributed by atoms with Crippen molar-refractivity contribution in [2.75, 3.05) is 32.7 Å². The maximum absolute atomic E-state index is 11.7. The number of hydrogen-bond acceptors (Lipinski definition) is 4. The van der Waals surface area contributed by atoms with Crippen molar-refractivity contribution in [3.63, 3.8) is 0 Å². The van der Waals surface area contributed by atoms with Gasteiger partial charge in [0.15, 0.2) is 0 Å². The van der Waals surface area contributed by atoms with Crippen LogP contribution in [0.3, 0.4) is 0 Å². The molecule has 100 valence electrons. The van der Waals surface area contributed by atoms with E-state index in [1.807, 2.05) is 23.6 Å². The molecule has 1 saturated heterocycles. The van der Waals surface area contributed by atoms with E-state index < -0.39 is 12.2 Å². The number of amides is 1. The van der Waals surface area contributed by atoms with Gasteiger partial charge < -0.3 is 15.1 Å². The van der Waals surface area contributed by atoms with Crippen LogP contribution in [0.15, 0.2) is 0 Å². The van der Waals surface area contributed by atoms with E-state index in [1.165, 1.54) is 0 Å². The molecule has 2 unspecified atom stereocenters. The molecule has 17 heavy (non-hydrogen) atoms. The van der Waals surface area contributed by atoms with Crippen LogP contribution >= 0.6 is 0 Å². The number of carbonyl (C=O) groups excluding carboxylic acids is 1. The Bertz CT molecular complexity index is 234. The van der Waals surface area contributed by atoms with Crippen molar-refractivity contribution < 1.29 is 15.0 Å². The molecule has 0 bridgehead atoms. The molecular formula is C12H24N2O3. The summed E-state index contributed by atoms with van der Waals surface area (Å²) in [6.45, 7) is 7.28. The number of aliphatic hydroxyl groups is 2. The Kier molecular flexibility index (Phi) is 5.88. The predicted octanol–water partition coefficient (Wildman–Crippen LogP) is -0.328. The molecule has 0 spiro atoms. The average Bonchev–Trinajstić information content (AvgIpc) is 2.60. The van der Waals surface area contributed by atoms with E-state index in [0.29, 0.717) is 19.5 Å². The van der Waals surface area contributed by atoms with Gasteiger partial charge in [0.2, 0.25) is 5.91 Å². The SMILES string of the molecule is CCN(CC)C(=O)CCCN1CC(O)C(O)C1. The third-order valence-corrected chi connectivity index (χ3v) is 3.32. The molecule has 1 aliphatic heterocycles. The van der Waals surface area contributed by atoms with Crippen LogP contribution < -0.4 is 0 Å². The summed E-state index contributed by atoms with van der Waals surface area (Å²) < 4.78 is 0. The maximum Gasteiger partial charge on any atom is 0.222 e. The molecule has 1 rings (SSSR count). The Labute approximate surface area is 103 Å². The standard InChI is InChI=1S/C12H24N2O3/c1-3-14(4-2)12(17)6-5-7-13-8-10(15)11(16)9-13/h10-11,15-16H,3-9H2,1-2H3. The topological polar surface area (TPSA) is 64.0 Å². The minimum atomic E-state index is -0.631. The molecule has 1 fully saturated rings. The van der Waals surface area contributed by atoms with Gasteiger partial charge in [-0.1, -0.05) is 0 Å². The van der Waals surface area contributed by atoms with Gasteiger partial charge in [-0.25, -0.2) is 0 Å². The number of nitrogens with zero attached hydrogens (tertiary/aromatic N) is 2. The summed E-state index contributed by atoms with van der Waals surface area (Å²) in [6, 6.07) is 0. The fourth-order valence-electron chi connectivity index (χ4n) is 2.22. The van der Waals surface area contributed by atoms with Crippen LogP contribution in [0.2, 0.25) is 0 Å². The van der Waals surface area contributed by atoms with Gasteiger partial charge in [-0.3, -0.25) is 9.69 Å². The van der Waals surface area contributed by atoms with Gasteiger partial charge in [-0.15, -0.1) is 0 Å². The third kappa shape index (κ3) is 4.26. The number of carbonyl (C=O) groups is 1. The van der Waals surface area contributed by atoms with Crippen molar-refractivity contribution in [1.82, 2.24) is 9.80 Å². The van der Waals surface area contributed by atoms with Crippen molar-refractivity contribution in [3.05, 3.63) is 0 Å². The van der Waals surface area contributed by atoms with E-state index in [-0.39, 0.29) is 5.91 Å². The third-order valence-electron chi connectivity index (χ3n) is 3.32. The second-order valence-electron chi connectivity index (χ2n) is 4.56. The molecule has 0 radical (unpaired) electrons. The molecule has 1 aliphatic rings. The van der Waals surface area contributed by atoms with E-state index in [2.05, 4.69) is 0 Å². The lowest BCUT2D eigenvalue weighted by Gasteiger charge is -2.19. The van der Waals surface area contributed by atoms with Gasteiger partial charge in [-0.05, 0) is 26.8 Å². The number of hydrogen-bond donors (Lipinski definition) is 2. The number of β-amino-alcohol motifs (C(OH)–C–C–N with tert-alkyl or cyclic N) is 2. The van der Waals surface area contributed by atoms with Crippen molar-refractivity contribution in [2.45, 2.75) is 38.9 Å². The number of rotatable bonds is 6. The lowest BCUT2D eigenvalue weighted by molar-refractivity contribution is -0.130. The van der Waals surface area contributed by atoms with Gasteiger partial charge in [0, 0.05) is 32.6 Å². The highest BCUT2D eigenvalue weighted by Gasteiger charge is 2.28. The number of aliphatic hydroxyl groups excluding tert-OH is 2. The van der Waals surface area contributed by atoms with Crippen LogP contribution in [0.25, 0.3) is 0 Å². The lowest BCUT2D eigenvalue weighted by Crippen LogP contribution is -2.31. The second-order valence-corrected chi connectivity index (χ2v) is 4.56. The fourth-order valence-corrected chi connectivity index (χ4v) is 2.22. The first kappa shape index (κ1) is 14.4. The molecule has 0 saturated carbocycles. The first-order chi connectivity index (χ1) is 8.08. The normalized spacial score (nSPS) is 25.2. The van der Waals surface area contributed by atoms with Crippen LogP contribution in [0, 0.1) is 0 Å². The zero-order valence-corrected chi connectivity index (χ0v) is 10.8. The summed E-state index contributed by atoms with van der Waals surface area (Å²) in [5.74, 6) is 0.190. The van der Waals surface area contributed by atoms with Gasteiger partial charge in [0.05, 0.1) is 12.2 Å². The monoisotopic (exact) mass is 244 g/mol. The van der Waals surface area contributed by atoms with Crippen molar-refractivity contribution >= 4 is 5.91 Å². The Morgan fingerprint density at radius 1 is 1.24 bits per heavy atom. The Balaban J connectivity index is 2.18. The summed E-state index contributed by atoms with van der Waals surface area (Å²) in [5, 5.41) is 18.7. The van der Waals surface area contributed by atoms with E-state index >= 15 is 0 Å². The summed E-state index contributed by atoms with van der Waals surface area (Å²) in [4.78, 5) is 15.5. The van der Waals surface area contributed by atoms with Crippen molar-refractivity contribution in [3.8, 4) is 0 Å². The number of likely N-dealkylation sites (tertiary alicyclic amines) is 1. The highest BCUT2D eigenvalue weighted by molar-refractivity contribution is 5.76. The molecule has 0 aromatic heterocycles. The molecule has 0 aliphatic carbocycles. The second kappa shape index (κ2) is 6.93. The molecular weight excluding hydrogens is 220 g/mol. The Morgan fingerprint density at radius 2 is 1.76 bits per heavy atom. The van der Waals surface area contributed by atoms with Crippen LogP contribution in [0.4, 0.5) is 0 Å². The molecule has 1 heterocycles. The molecule has 2 atom stereocenters. The van der Waals surface area contributed by atoms with E-state index in [9.17, 15) is 15.0 Å². The Hall–Kier alpha value is -0.650. The summed E-state index contributed by atoms with van der Waals surface area (Å²) in [6.07, 6.45) is 0.0704. The zero-order chi connectivity index (χ0) is 12.8. The highest BCUT2D eigenvalue weighted by atomic mass is 16.3. The maximum atomic E-state index is 11.7. The van der Waals surface area contributed by atoms with Gasteiger partial charge >= 0.3 is 0 Å². The predicted molar refractivity (Wildman–Crippen MR) is 65.6 cm³/mol. The summed E-state index contributed by atoms with van der Waals surface area (Å²) in [5.41, 5.74) is 0. The molecule has 1 amide bonds. The first-order valence-corrected chi connectivity index (χ1v) is 6.44. The fraction of sp³-hybridized carbons (Fsp3) is 0.917. The Morgan fingerprint density at radius 3 is 2.24 bits per heavy atom. The molecule has 5 heteroatoms. The van der Waals surface area contributed by atoms with Crippen LogP contribution in [0.5, 0.6) is 0 Å². The molecule has 0 aromatic rings. The van der Waals surface area contributed by atoms with Gasteiger partial charge in [0.25, 0.3) is 0 Å². The molecule has 2 N–H and O–H groups in total. The highest BCUT2D eigenvalue weighted by Crippen LogP contribution is 2.11. The minimum absolute atomic E-state index is 0.190. The lowest BCUT2D eigenvalue weighted by atomic mass is 10.2. The summed E-state index contributed by atoms with van der Waals surface area (Å²) >= 11 is 0. The summed E-state index contributed by atoms with van der Waals surface area (Å²) in [7, 11) is 0. The molecule has 5 nitrogen and oxygen atoms in total. The quantitative estimate of drug-likeness (QED) is 0.672.